The Balaban J connectivity index is 1.45. The Bertz CT molecular complexity index is 1450. The second-order valence-electron chi connectivity index (χ2n) is 9.06. The number of fused-ring (bicyclic) bond motifs is 2. The van der Waals surface area contributed by atoms with Crippen LogP contribution in [0.1, 0.15) is 34.1 Å². The number of amides is 1. The number of carbonyl (C=O) groups is 1. The molecule has 0 spiro atoms. The van der Waals surface area contributed by atoms with E-state index in [0.29, 0.717) is 0 Å². The van der Waals surface area contributed by atoms with Crippen LogP contribution < -0.4 is 4.90 Å². The van der Waals surface area contributed by atoms with Crippen molar-refractivity contribution in [3.05, 3.63) is 107 Å². The quantitative estimate of drug-likeness (QED) is 0.371. The maximum atomic E-state index is 14.1. The van der Waals surface area contributed by atoms with Gasteiger partial charge in [0.25, 0.3) is 0 Å². The molecule has 4 aromatic rings. The van der Waals surface area contributed by atoms with E-state index in [1.807, 2.05) is 4.90 Å². The van der Waals surface area contributed by atoms with E-state index >= 15 is 0 Å². The molecule has 0 unspecified atom stereocenters. The molecule has 2 heterocycles. The van der Waals surface area contributed by atoms with Gasteiger partial charge in [-0.2, -0.15) is 0 Å². The molecule has 1 saturated heterocycles. The molecule has 0 radical (unpaired) electrons. The smallest absolute Gasteiger partial charge is 0.237 e. The predicted octanol–water partition coefficient (Wildman–Crippen LogP) is 5.75. The maximum absolute atomic E-state index is 14.1. The highest BCUT2D eigenvalue weighted by Crippen LogP contribution is 2.62. The van der Waals surface area contributed by atoms with Gasteiger partial charge >= 0.3 is 0 Å². The monoisotopic (exact) mass is 398 g/mol. The summed E-state index contributed by atoms with van der Waals surface area (Å²) in [4.78, 5) is 21.2. The first-order chi connectivity index (χ1) is 15.3. The van der Waals surface area contributed by atoms with Crippen molar-refractivity contribution in [2.24, 2.45) is 16.8 Å². The van der Waals surface area contributed by atoms with E-state index in [0.717, 1.165) is 28.0 Å². The highest BCUT2D eigenvalue weighted by molar-refractivity contribution is 6.31. The van der Waals surface area contributed by atoms with Crippen LogP contribution in [0.4, 0.5) is 11.4 Å². The van der Waals surface area contributed by atoms with Crippen LogP contribution in [-0.2, 0) is 4.79 Å². The summed E-state index contributed by atoms with van der Waals surface area (Å²) in [5.41, 5.74) is 7.33. The van der Waals surface area contributed by atoms with Crippen molar-refractivity contribution in [1.82, 2.24) is 0 Å². The zero-order valence-electron chi connectivity index (χ0n) is 16.7. The summed E-state index contributed by atoms with van der Waals surface area (Å²) < 4.78 is 0. The molecular formula is C28H18N2O. The first kappa shape index (κ1) is 16.0. The van der Waals surface area contributed by atoms with E-state index in [4.69, 9.17) is 4.99 Å². The molecule has 0 N–H and O–H groups in total. The van der Waals surface area contributed by atoms with E-state index in [2.05, 4.69) is 84.9 Å². The summed E-state index contributed by atoms with van der Waals surface area (Å²) >= 11 is 0. The lowest BCUT2D eigenvalue weighted by Crippen LogP contribution is -2.41. The summed E-state index contributed by atoms with van der Waals surface area (Å²) in [6.07, 6.45) is 0. The van der Waals surface area contributed by atoms with Crippen LogP contribution in [0.3, 0.4) is 0 Å². The lowest BCUT2D eigenvalue weighted by Gasteiger charge is -2.46. The molecule has 1 fully saturated rings. The zero-order chi connectivity index (χ0) is 20.3. The zero-order valence-corrected chi connectivity index (χ0v) is 16.7. The number of aliphatic imine (C=N–C) groups is 1. The number of hydrogen-bond acceptors (Lipinski definition) is 2. The third kappa shape index (κ3) is 1.74. The molecule has 3 aliphatic carbocycles. The molecule has 4 aromatic carbocycles. The van der Waals surface area contributed by atoms with Crippen molar-refractivity contribution < 1.29 is 4.79 Å². The number of nitrogens with zero attached hydrogens (tertiary/aromatic N) is 2. The highest BCUT2D eigenvalue weighted by Gasteiger charge is 2.61. The SMILES string of the molecule is O=C1[C@@H]2C3c4ccccc4C(c4ccccc43)[C@H]2C2=Nc3cccc4cccc(c34)N12. The fourth-order valence-corrected chi connectivity index (χ4v) is 6.77. The van der Waals surface area contributed by atoms with Crippen molar-refractivity contribution in [2.75, 3.05) is 4.90 Å². The van der Waals surface area contributed by atoms with Crippen LogP contribution in [-0.4, -0.2) is 11.7 Å². The fourth-order valence-electron chi connectivity index (χ4n) is 6.77. The largest absolute Gasteiger partial charge is 0.274 e. The Morgan fingerprint density at radius 2 is 1.23 bits per heavy atom. The molecule has 0 saturated carbocycles. The van der Waals surface area contributed by atoms with Gasteiger partial charge in [0.15, 0.2) is 0 Å². The Kier molecular flexibility index (Phi) is 2.74. The first-order valence-electron chi connectivity index (χ1n) is 10.9. The molecule has 2 atom stereocenters. The lowest BCUT2D eigenvalue weighted by molar-refractivity contribution is -0.121. The maximum Gasteiger partial charge on any atom is 0.237 e. The molecule has 5 aliphatic rings. The molecule has 3 nitrogen and oxygen atoms in total. The van der Waals surface area contributed by atoms with Crippen LogP contribution in [0.25, 0.3) is 10.8 Å². The van der Waals surface area contributed by atoms with Crippen LogP contribution in [0.2, 0.25) is 0 Å². The van der Waals surface area contributed by atoms with Gasteiger partial charge in [-0.1, -0.05) is 72.8 Å². The van der Waals surface area contributed by atoms with E-state index in [-0.39, 0.29) is 29.6 Å². The second kappa shape index (κ2) is 5.30. The van der Waals surface area contributed by atoms with Gasteiger partial charge in [-0.05, 0) is 39.8 Å². The number of carbonyl (C=O) groups excluding carboxylic acids is 1. The molecule has 1 amide bonds. The van der Waals surface area contributed by atoms with Gasteiger partial charge in [0.1, 0.15) is 5.84 Å². The third-order valence-electron chi connectivity index (χ3n) is 7.81. The number of anilines is 1. The van der Waals surface area contributed by atoms with Gasteiger partial charge < -0.3 is 0 Å². The van der Waals surface area contributed by atoms with Crippen LogP contribution in [0.5, 0.6) is 0 Å². The van der Waals surface area contributed by atoms with Crippen LogP contribution in [0, 0.1) is 11.8 Å². The standard InChI is InChI=1S/C28H18N2O/c31-28-26-24-18-11-3-1-9-16(18)23(17-10-2-4-12-19(17)24)25(26)27-29-20-13-5-7-15-8-6-14-21(22(15)20)30(27)28/h1-14,23-26H/t23?,24?,25-,26-/m1/s1. The average Bonchev–Trinajstić information content (AvgIpc) is 3.12. The summed E-state index contributed by atoms with van der Waals surface area (Å²) in [7, 11) is 0. The number of hydrogen-bond donors (Lipinski definition) is 0. The topological polar surface area (TPSA) is 32.7 Å². The molecule has 146 valence electrons. The van der Waals surface area contributed by atoms with E-state index in [1.54, 1.807) is 0 Å². The molecule has 3 heteroatoms. The molecule has 2 aliphatic heterocycles. The van der Waals surface area contributed by atoms with Gasteiger partial charge in [-0.25, -0.2) is 4.99 Å². The molecule has 0 aromatic heterocycles. The van der Waals surface area contributed by atoms with E-state index in [9.17, 15) is 4.79 Å². The van der Waals surface area contributed by atoms with Crippen LogP contribution >= 0.6 is 0 Å². The molecule has 31 heavy (non-hydrogen) atoms. The Morgan fingerprint density at radius 3 is 1.87 bits per heavy atom. The second-order valence-corrected chi connectivity index (χ2v) is 9.06. The minimum atomic E-state index is -0.0990. The summed E-state index contributed by atoms with van der Waals surface area (Å²) in [5, 5.41) is 2.22. The molecular weight excluding hydrogens is 380 g/mol. The summed E-state index contributed by atoms with van der Waals surface area (Å²) in [5.74, 6) is 1.36. The highest BCUT2D eigenvalue weighted by atomic mass is 16.2. The minimum absolute atomic E-state index is 0.0749. The van der Waals surface area contributed by atoms with Gasteiger partial charge in [0.2, 0.25) is 5.91 Å². The summed E-state index contributed by atoms with van der Waals surface area (Å²) in [6, 6.07) is 29.9. The molecule has 9 rings (SSSR count). The minimum Gasteiger partial charge on any atom is -0.274 e. The average molecular weight is 398 g/mol. The number of benzene rings is 4. The van der Waals surface area contributed by atoms with Crippen molar-refractivity contribution in [3.8, 4) is 0 Å². The first-order valence-corrected chi connectivity index (χ1v) is 10.9. The Labute approximate surface area is 179 Å². The van der Waals surface area contributed by atoms with Crippen molar-refractivity contribution in [1.29, 1.82) is 0 Å². The van der Waals surface area contributed by atoms with Crippen LogP contribution in [0.15, 0.2) is 89.9 Å². The van der Waals surface area contributed by atoms with Gasteiger partial charge in [0, 0.05) is 23.1 Å². The van der Waals surface area contributed by atoms with Gasteiger partial charge in [0.05, 0.1) is 17.3 Å². The summed E-state index contributed by atoms with van der Waals surface area (Å²) in [6.45, 7) is 0. The van der Waals surface area contributed by atoms with Gasteiger partial charge in [-0.3, -0.25) is 9.69 Å². The van der Waals surface area contributed by atoms with Crippen molar-refractivity contribution >= 4 is 33.9 Å². The predicted molar refractivity (Wildman–Crippen MR) is 122 cm³/mol. The Hall–Kier alpha value is -3.72. The van der Waals surface area contributed by atoms with Crippen molar-refractivity contribution in [3.63, 3.8) is 0 Å². The number of amidine groups is 1. The molecule has 2 bridgehead atoms. The van der Waals surface area contributed by atoms with E-state index < -0.39 is 0 Å². The normalized spacial score (nSPS) is 26.3. The fraction of sp³-hybridized carbons (Fsp3) is 0.143. The van der Waals surface area contributed by atoms with E-state index in [1.165, 1.54) is 22.3 Å². The van der Waals surface area contributed by atoms with Gasteiger partial charge in [-0.15, -0.1) is 0 Å². The van der Waals surface area contributed by atoms with Crippen molar-refractivity contribution in [2.45, 2.75) is 11.8 Å². The third-order valence-corrected chi connectivity index (χ3v) is 7.81. The number of rotatable bonds is 0. The lowest BCUT2D eigenvalue weighted by atomic mass is 9.55. The Morgan fingerprint density at radius 1 is 0.645 bits per heavy atom.